The average Bonchev–Trinajstić information content (AvgIpc) is 3.13. The van der Waals surface area contributed by atoms with Crippen molar-refractivity contribution in [3.63, 3.8) is 0 Å². The van der Waals surface area contributed by atoms with Gasteiger partial charge in [-0.3, -0.25) is 9.59 Å². The van der Waals surface area contributed by atoms with E-state index in [9.17, 15) is 9.59 Å². The van der Waals surface area contributed by atoms with Gasteiger partial charge in [0.15, 0.2) is 0 Å². The van der Waals surface area contributed by atoms with Crippen LogP contribution < -0.4 is 15.0 Å². The zero-order chi connectivity index (χ0) is 21.1. The van der Waals surface area contributed by atoms with Gasteiger partial charge in [0.05, 0.1) is 5.92 Å². The summed E-state index contributed by atoms with van der Waals surface area (Å²) in [6.45, 7) is 2.38. The minimum atomic E-state index is -0.385. The van der Waals surface area contributed by atoms with Gasteiger partial charge in [0, 0.05) is 29.4 Å². The molecule has 1 aliphatic rings. The largest absolute Gasteiger partial charge is 0.457 e. The normalized spacial score (nSPS) is 15.9. The Labute approximate surface area is 180 Å². The summed E-state index contributed by atoms with van der Waals surface area (Å²) in [5.41, 5.74) is 2.61. The van der Waals surface area contributed by atoms with Crippen molar-refractivity contribution in [3.05, 3.63) is 83.4 Å². The summed E-state index contributed by atoms with van der Waals surface area (Å²) in [5.74, 6) is 0.743. The number of aryl methyl sites for hydroxylation is 1. The number of amides is 2. The van der Waals surface area contributed by atoms with E-state index in [0.29, 0.717) is 28.8 Å². The summed E-state index contributed by atoms with van der Waals surface area (Å²) in [6, 6.07) is 21.9. The van der Waals surface area contributed by atoms with E-state index in [2.05, 4.69) is 5.32 Å². The zero-order valence-electron chi connectivity index (χ0n) is 16.5. The van der Waals surface area contributed by atoms with Gasteiger partial charge in [0.25, 0.3) is 0 Å². The van der Waals surface area contributed by atoms with Gasteiger partial charge in [-0.25, -0.2) is 0 Å². The van der Waals surface area contributed by atoms with E-state index < -0.39 is 0 Å². The van der Waals surface area contributed by atoms with Crippen molar-refractivity contribution >= 4 is 34.8 Å². The number of carbonyl (C=O) groups excluding carboxylic acids is 2. The summed E-state index contributed by atoms with van der Waals surface area (Å²) >= 11 is 5.88. The first-order valence-electron chi connectivity index (χ1n) is 9.69. The van der Waals surface area contributed by atoms with Crippen LogP contribution in [0.15, 0.2) is 72.8 Å². The number of halogens is 1. The second-order valence-corrected chi connectivity index (χ2v) is 7.75. The molecule has 0 spiro atoms. The smallest absolute Gasteiger partial charge is 0.229 e. The molecule has 30 heavy (non-hydrogen) atoms. The Morgan fingerprint density at radius 2 is 1.57 bits per heavy atom. The van der Waals surface area contributed by atoms with Crippen molar-refractivity contribution in [2.45, 2.75) is 13.3 Å². The molecule has 1 fully saturated rings. The number of anilines is 2. The maximum atomic E-state index is 12.7. The molecule has 0 unspecified atom stereocenters. The van der Waals surface area contributed by atoms with Crippen LogP contribution in [0.2, 0.25) is 5.02 Å². The Morgan fingerprint density at radius 3 is 2.20 bits per heavy atom. The molecule has 0 saturated carbocycles. The highest BCUT2D eigenvalue weighted by Crippen LogP contribution is 2.27. The highest BCUT2D eigenvalue weighted by Gasteiger charge is 2.35. The molecular formula is C24H21ClN2O3. The molecule has 3 aromatic carbocycles. The van der Waals surface area contributed by atoms with Crippen molar-refractivity contribution in [1.82, 2.24) is 0 Å². The fourth-order valence-corrected chi connectivity index (χ4v) is 3.47. The molecule has 3 aromatic rings. The first-order chi connectivity index (χ1) is 14.5. The van der Waals surface area contributed by atoms with Crippen molar-refractivity contribution in [2.24, 2.45) is 5.92 Å². The lowest BCUT2D eigenvalue weighted by molar-refractivity contribution is -0.122. The first-order valence-corrected chi connectivity index (χ1v) is 10.1. The number of rotatable bonds is 5. The van der Waals surface area contributed by atoms with Gasteiger partial charge in [0.1, 0.15) is 11.5 Å². The van der Waals surface area contributed by atoms with Gasteiger partial charge in [-0.15, -0.1) is 0 Å². The molecule has 0 bridgehead atoms. The molecule has 5 nitrogen and oxygen atoms in total. The van der Waals surface area contributed by atoms with Gasteiger partial charge in [-0.2, -0.15) is 0 Å². The third kappa shape index (κ3) is 4.63. The third-order valence-electron chi connectivity index (χ3n) is 5.01. The predicted octanol–water partition coefficient (Wildman–Crippen LogP) is 5.43. The van der Waals surface area contributed by atoms with Crippen LogP contribution in [0.1, 0.15) is 12.0 Å². The zero-order valence-corrected chi connectivity index (χ0v) is 17.2. The number of benzene rings is 3. The number of hydrogen-bond donors (Lipinski definition) is 1. The summed E-state index contributed by atoms with van der Waals surface area (Å²) in [4.78, 5) is 26.7. The molecule has 1 heterocycles. The number of carbonyl (C=O) groups is 2. The van der Waals surface area contributed by atoms with Crippen molar-refractivity contribution in [2.75, 3.05) is 16.8 Å². The molecule has 6 heteroatoms. The van der Waals surface area contributed by atoms with Crippen LogP contribution in [0, 0.1) is 12.8 Å². The van der Waals surface area contributed by atoms with Crippen LogP contribution >= 0.6 is 11.6 Å². The van der Waals surface area contributed by atoms with Crippen molar-refractivity contribution in [1.29, 1.82) is 0 Å². The molecule has 0 radical (unpaired) electrons. The lowest BCUT2D eigenvalue weighted by Gasteiger charge is -2.17. The Bertz CT molecular complexity index is 1050. The molecular weight excluding hydrogens is 400 g/mol. The average molecular weight is 421 g/mol. The van der Waals surface area contributed by atoms with E-state index in [0.717, 1.165) is 11.3 Å². The van der Waals surface area contributed by atoms with Crippen LogP contribution in [0.4, 0.5) is 11.4 Å². The molecule has 2 amide bonds. The summed E-state index contributed by atoms with van der Waals surface area (Å²) < 4.78 is 5.76. The van der Waals surface area contributed by atoms with E-state index in [-0.39, 0.29) is 24.2 Å². The van der Waals surface area contributed by atoms with Crippen LogP contribution in [-0.2, 0) is 9.59 Å². The predicted molar refractivity (Wildman–Crippen MR) is 118 cm³/mol. The van der Waals surface area contributed by atoms with Crippen molar-refractivity contribution in [3.8, 4) is 11.5 Å². The molecule has 1 aliphatic heterocycles. The fourth-order valence-electron chi connectivity index (χ4n) is 3.35. The maximum Gasteiger partial charge on any atom is 0.229 e. The molecule has 0 aromatic heterocycles. The van der Waals surface area contributed by atoms with E-state index in [4.69, 9.17) is 16.3 Å². The van der Waals surface area contributed by atoms with Gasteiger partial charge in [0.2, 0.25) is 11.8 Å². The number of nitrogens with one attached hydrogen (secondary N) is 1. The minimum absolute atomic E-state index is 0.0364. The van der Waals surface area contributed by atoms with E-state index in [1.54, 1.807) is 53.4 Å². The Kier molecular flexibility index (Phi) is 5.72. The minimum Gasteiger partial charge on any atom is -0.457 e. The summed E-state index contributed by atoms with van der Waals surface area (Å²) in [5, 5.41) is 3.54. The highest BCUT2D eigenvalue weighted by atomic mass is 35.5. The Hall–Kier alpha value is -3.31. The molecule has 1 saturated heterocycles. The number of nitrogens with zero attached hydrogens (tertiary/aromatic N) is 1. The van der Waals surface area contributed by atoms with Crippen LogP contribution in [-0.4, -0.2) is 18.4 Å². The maximum absolute atomic E-state index is 12.7. The summed E-state index contributed by atoms with van der Waals surface area (Å²) in [7, 11) is 0. The van der Waals surface area contributed by atoms with Gasteiger partial charge in [-0.05, 0) is 67.6 Å². The number of hydrogen-bond acceptors (Lipinski definition) is 3. The van der Waals surface area contributed by atoms with Gasteiger partial charge >= 0.3 is 0 Å². The van der Waals surface area contributed by atoms with Crippen LogP contribution in [0.25, 0.3) is 0 Å². The SMILES string of the molecule is Cc1ccc(N2C[C@H](C(=O)Nc3ccc(Oc4ccc(Cl)cc4)cc3)CC2=O)cc1. The molecule has 152 valence electrons. The third-order valence-corrected chi connectivity index (χ3v) is 5.26. The highest BCUT2D eigenvalue weighted by molar-refractivity contribution is 6.30. The van der Waals surface area contributed by atoms with E-state index in [1.807, 2.05) is 31.2 Å². The van der Waals surface area contributed by atoms with E-state index in [1.165, 1.54) is 0 Å². The quantitative estimate of drug-likeness (QED) is 0.598. The Morgan fingerprint density at radius 1 is 0.967 bits per heavy atom. The van der Waals surface area contributed by atoms with Gasteiger partial charge in [-0.1, -0.05) is 29.3 Å². The van der Waals surface area contributed by atoms with Gasteiger partial charge < -0.3 is 15.0 Å². The lowest BCUT2D eigenvalue weighted by atomic mass is 10.1. The topological polar surface area (TPSA) is 58.6 Å². The monoisotopic (exact) mass is 420 g/mol. The standard InChI is InChI=1S/C24H21ClN2O3/c1-16-2-8-20(9-3-16)27-15-17(14-23(27)28)24(29)26-19-6-12-22(13-7-19)30-21-10-4-18(25)5-11-21/h2-13,17H,14-15H2,1H3,(H,26,29)/t17-/m1/s1. The molecule has 1 N–H and O–H groups in total. The van der Waals surface area contributed by atoms with Crippen molar-refractivity contribution < 1.29 is 14.3 Å². The number of ether oxygens (including phenoxy) is 1. The fraction of sp³-hybridized carbons (Fsp3) is 0.167. The molecule has 1 atom stereocenters. The first kappa shape index (κ1) is 20.0. The van der Waals surface area contributed by atoms with E-state index >= 15 is 0 Å². The van der Waals surface area contributed by atoms with Crippen LogP contribution in [0.3, 0.4) is 0 Å². The molecule has 0 aliphatic carbocycles. The second-order valence-electron chi connectivity index (χ2n) is 7.31. The van der Waals surface area contributed by atoms with Crippen LogP contribution in [0.5, 0.6) is 11.5 Å². The molecule has 4 rings (SSSR count). The second kappa shape index (κ2) is 8.59. The summed E-state index contributed by atoms with van der Waals surface area (Å²) in [6.07, 6.45) is 0.206. The lowest BCUT2D eigenvalue weighted by Crippen LogP contribution is -2.28. The Balaban J connectivity index is 1.36.